The Bertz CT molecular complexity index is 822. The Morgan fingerprint density at radius 2 is 1.96 bits per heavy atom. The minimum absolute atomic E-state index is 0.180. The zero-order chi connectivity index (χ0) is 17.5. The van der Waals surface area contributed by atoms with E-state index in [4.69, 9.17) is 4.52 Å². The van der Waals surface area contributed by atoms with Gasteiger partial charge in [-0.25, -0.2) is 15.0 Å². The van der Waals surface area contributed by atoms with Gasteiger partial charge in [-0.05, 0) is 19.1 Å². The van der Waals surface area contributed by atoms with E-state index < -0.39 is 0 Å². The maximum atomic E-state index is 11.7. The van der Waals surface area contributed by atoms with Gasteiger partial charge in [-0.2, -0.15) is 0 Å². The maximum Gasteiger partial charge on any atom is 0.289 e. The molecule has 1 amide bonds. The van der Waals surface area contributed by atoms with Crippen LogP contribution in [0.4, 0.5) is 17.5 Å². The maximum absolute atomic E-state index is 11.7. The van der Waals surface area contributed by atoms with Crippen LogP contribution in [0.25, 0.3) is 0 Å². The summed E-state index contributed by atoms with van der Waals surface area (Å²) in [5, 5.41) is 12.5. The van der Waals surface area contributed by atoms with Gasteiger partial charge in [0.2, 0.25) is 5.76 Å². The van der Waals surface area contributed by atoms with Crippen molar-refractivity contribution in [2.75, 3.05) is 23.7 Å². The van der Waals surface area contributed by atoms with Crippen LogP contribution in [0.5, 0.6) is 0 Å². The SMILES string of the molecule is Cc1nc(NCCNC(=O)c2ccno2)cc(Nc2ccccn2)n1. The lowest BCUT2D eigenvalue weighted by molar-refractivity contribution is 0.0918. The molecule has 0 saturated heterocycles. The fourth-order valence-corrected chi connectivity index (χ4v) is 2.08. The smallest absolute Gasteiger partial charge is 0.289 e. The largest absolute Gasteiger partial charge is 0.368 e. The molecular formula is C16H17N7O2. The van der Waals surface area contributed by atoms with Crippen LogP contribution in [0.1, 0.15) is 16.4 Å². The third kappa shape index (κ3) is 4.74. The molecule has 0 aliphatic carbocycles. The van der Waals surface area contributed by atoms with Crippen molar-refractivity contribution >= 4 is 23.4 Å². The third-order valence-electron chi connectivity index (χ3n) is 3.14. The summed E-state index contributed by atoms with van der Waals surface area (Å²) in [5.74, 6) is 2.48. The van der Waals surface area contributed by atoms with Gasteiger partial charge in [0.1, 0.15) is 23.3 Å². The number of carbonyl (C=O) groups excluding carboxylic acids is 1. The first-order valence-corrected chi connectivity index (χ1v) is 7.67. The monoisotopic (exact) mass is 339 g/mol. The van der Waals surface area contributed by atoms with Crippen molar-refractivity contribution in [1.29, 1.82) is 0 Å². The quantitative estimate of drug-likeness (QED) is 0.557. The number of aryl methyl sites for hydroxylation is 1. The topological polar surface area (TPSA) is 118 Å². The van der Waals surface area contributed by atoms with Crippen LogP contribution < -0.4 is 16.0 Å². The van der Waals surface area contributed by atoms with Gasteiger partial charge >= 0.3 is 0 Å². The molecule has 128 valence electrons. The Morgan fingerprint density at radius 1 is 1.08 bits per heavy atom. The number of hydrogen-bond acceptors (Lipinski definition) is 8. The van der Waals surface area contributed by atoms with Crippen LogP contribution in [0.3, 0.4) is 0 Å². The molecule has 0 aliphatic rings. The summed E-state index contributed by atoms with van der Waals surface area (Å²) in [6.07, 6.45) is 3.12. The number of carbonyl (C=O) groups is 1. The number of pyridine rings is 1. The average molecular weight is 339 g/mol. The van der Waals surface area contributed by atoms with Gasteiger partial charge in [0.05, 0.1) is 6.20 Å². The highest BCUT2D eigenvalue weighted by Gasteiger charge is 2.08. The van der Waals surface area contributed by atoms with Crippen molar-refractivity contribution < 1.29 is 9.32 Å². The molecule has 0 saturated carbocycles. The number of nitrogens with one attached hydrogen (secondary N) is 3. The second-order valence-corrected chi connectivity index (χ2v) is 5.08. The van der Waals surface area contributed by atoms with Gasteiger partial charge in [-0.1, -0.05) is 11.2 Å². The van der Waals surface area contributed by atoms with Gasteiger partial charge < -0.3 is 20.5 Å². The predicted molar refractivity (Wildman–Crippen MR) is 91.6 cm³/mol. The summed E-state index contributed by atoms with van der Waals surface area (Å²) in [4.78, 5) is 24.6. The molecule has 9 nitrogen and oxygen atoms in total. The van der Waals surface area contributed by atoms with Gasteiger partial charge in [-0.15, -0.1) is 0 Å². The normalized spacial score (nSPS) is 10.3. The van der Waals surface area contributed by atoms with Gasteiger partial charge in [0.25, 0.3) is 5.91 Å². The fraction of sp³-hybridized carbons (Fsp3) is 0.188. The van der Waals surface area contributed by atoms with Gasteiger partial charge in [0, 0.05) is 31.4 Å². The lowest BCUT2D eigenvalue weighted by Crippen LogP contribution is -2.28. The lowest BCUT2D eigenvalue weighted by Gasteiger charge is -2.10. The van der Waals surface area contributed by atoms with Crippen molar-refractivity contribution in [1.82, 2.24) is 25.4 Å². The van der Waals surface area contributed by atoms with E-state index in [0.717, 1.165) is 0 Å². The van der Waals surface area contributed by atoms with E-state index in [2.05, 4.69) is 36.1 Å². The van der Waals surface area contributed by atoms with E-state index >= 15 is 0 Å². The van der Waals surface area contributed by atoms with E-state index in [1.807, 2.05) is 18.2 Å². The molecule has 0 spiro atoms. The molecule has 3 aromatic heterocycles. The summed E-state index contributed by atoms with van der Waals surface area (Å²) in [7, 11) is 0. The molecule has 0 radical (unpaired) electrons. The van der Waals surface area contributed by atoms with Crippen molar-refractivity contribution in [2.24, 2.45) is 0 Å². The van der Waals surface area contributed by atoms with Crippen LogP contribution >= 0.6 is 0 Å². The first kappa shape index (κ1) is 16.4. The molecule has 9 heteroatoms. The highest BCUT2D eigenvalue weighted by Crippen LogP contribution is 2.15. The molecule has 25 heavy (non-hydrogen) atoms. The Balaban J connectivity index is 1.53. The molecule has 3 aromatic rings. The second kappa shape index (κ2) is 7.86. The van der Waals surface area contributed by atoms with E-state index in [9.17, 15) is 4.79 Å². The second-order valence-electron chi connectivity index (χ2n) is 5.08. The minimum atomic E-state index is -0.310. The molecular weight excluding hydrogens is 322 g/mol. The first-order valence-electron chi connectivity index (χ1n) is 7.67. The summed E-state index contributed by atoms with van der Waals surface area (Å²) in [6, 6.07) is 8.87. The third-order valence-corrected chi connectivity index (χ3v) is 3.14. The standard InChI is InChI=1S/C16H17N7O2/c1-11-21-14(10-15(22-11)23-13-4-2-3-6-17-13)18-8-9-19-16(24)12-5-7-20-25-12/h2-7,10H,8-9H2,1H3,(H,19,24)(H2,17,18,21,22,23). The fourth-order valence-electron chi connectivity index (χ4n) is 2.08. The molecule has 0 atom stereocenters. The number of hydrogen-bond donors (Lipinski definition) is 3. The van der Waals surface area contributed by atoms with Gasteiger partial charge in [-0.3, -0.25) is 4.79 Å². The highest BCUT2D eigenvalue weighted by atomic mass is 16.5. The van der Waals surface area contributed by atoms with Crippen molar-refractivity contribution in [3.8, 4) is 0 Å². The van der Waals surface area contributed by atoms with E-state index in [0.29, 0.717) is 36.4 Å². The van der Waals surface area contributed by atoms with Crippen LogP contribution in [-0.2, 0) is 0 Å². The van der Waals surface area contributed by atoms with Crippen molar-refractivity contribution in [3.05, 3.63) is 54.3 Å². The van der Waals surface area contributed by atoms with Crippen molar-refractivity contribution in [3.63, 3.8) is 0 Å². The Hall–Kier alpha value is -3.49. The summed E-state index contributed by atoms with van der Waals surface area (Å²) in [5.41, 5.74) is 0. The number of rotatable bonds is 7. The minimum Gasteiger partial charge on any atom is -0.368 e. The zero-order valence-corrected chi connectivity index (χ0v) is 13.6. The van der Waals surface area contributed by atoms with Crippen LogP contribution in [0.2, 0.25) is 0 Å². The molecule has 0 bridgehead atoms. The first-order chi connectivity index (χ1) is 12.2. The molecule has 0 aliphatic heterocycles. The summed E-state index contributed by atoms with van der Waals surface area (Å²) in [6.45, 7) is 2.71. The molecule has 0 aromatic carbocycles. The van der Waals surface area contributed by atoms with E-state index in [1.54, 1.807) is 19.2 Å². The predicted octanol–water partition coefficient (Wildman–Crippen LogP) is 1.75. The zero-order valence-electron chi connectivity index (χ0n) is 13.6. The Morgan fingerprint density at radius 3 is 2.72 bits per heavy atom. The number of anilines is 3. The number of aromatic nitrogens is 4. The highest BCUT2D eigenvalue weighted by molar-refractivity contribution is 5.91. The summed E-state index contributed by atoms with van der Waals surface area (Å²) >= 11 is 0. The number of nitrogens with zero attached hydrogens (tertiary/aromatic N) is 4. The van der Waals surface area contributed by atoms with Crippen LogP contribution in [0, 0.1) is 6.92 Å². The Labute approximate surface area is 143 Å². The van der Waals surface area contributed by atoms with Crippen LogP contribution in [-0.4, -0.2) is 39.1 Å². The molecule has 0 unspecified atom stereocenters. The summed E-state index contributed by atoms with van der Waals surface area (Å²) < 4.78 is 4.78. The van der Waals surface area contributed by atoms with Gasteiger partial charge in [0.15, 0.2) is 0 Å². The Kier molecular flexibility index (Phi) is 5.15. The van der Waals surface area contributed by atoms with E-state index in [-0.39, 0.29) is 11.7 Å². The molecule has 3 rings (SSSR count). The van der Waals surface area contributed by atoms with Crippen LogP contribution in [0.15, 0.2) is 47.2 Å². The molecule has 0 fully saturated rings. The molecule has 3 heterocycles. The average Bonchev–Trinajstić information content (AvgIpc) is 3.14. The number of amides is 1. The van der Waals surface area contributed by atoms with E-state index in [1.165, 1.54) is 12.3 Å². The molecule has 3 N–H and O–H groups in total. The van der Waals surface area contributed by atoms with Crippen molar-refractivity contribution in [2.45, 2.75) is 6.92 Å². The lowest BCUT2D eigenvalue weighted by atomic mass is 10.4.